The van der Waals surface area contributed by atoms with Gasteiger partial charge in [0.1, 0.15) is 11.4 Å². The number of methoxy groups -OCH3 is 1. The lowest BCUT2D eigenvalue weighted by molar-refractivity contribution is -0.0512. The molecule has 0 radical (unpaired) electrons. The lowest BCUT2D eigenvalue weighted by Crippen LogP contribution is -2.13. The number of fused-ring (bicyclic) bond motifs is 1. The minimum absolute atomic E-state index is 0.0887. The van der Waals surface area contributed by atoms with E-state index in [4.69, 9.17) is 4.74 Å². The number of hydrogen-bond acceptors (Lipinski definition) is 5. The monoisotopic (exact) mass is 434 g/mol. The molecule has 1 aromatic carbocycles. The zero-order valence-electron chi connectivity index (χ0n) is 15.0. The summed E-state index contributed by atoms with van der Waals surface area (Å²) in [7, 11) is 1.19. The number of halogens is 6. The van der Waals surface area contributed by atoms with Gasteiger partial charge in [0.2, 0.25) is 0 Å². The Kier molecular flexibility index (Phi) is 5.99. The van der Waals surface area contributed by atoms with E-state index in [-0.39, 0.29) is 28.5 Å². The van der Waals surface area contributed by atoms with E-state index in [1.807, 2.05) is 0 Å². The minimum atomic E-state index is -3.14. The Morgan fingerprint density at radius 2 is 1.77 bits per heavy atom. The number of carbonyl (C=O) groups excluding carboxylic acids is 1. The van der Waals surface area contributed by atoms with Crippen molar-refractivity contribution in [1.29, 1.82) is 0 Å². The first-order valence-corrected chi connectivity index (χ1v) is 8.10. The number of anilines is 1. The fourth-order valence-electron chi connectivity index (χ4n) is 2.53. The van der Waals surface area contributed by atoms with E-state index in [0.717, 1.165) is 12.1 Å². The van der Waals surface area contributed by atoms with Crippen molar-refractivity contribution in [3.63, 3.8) is 0 Å². The van der Waals surface area contributed by atoms with Crippen LogP contribution in [0.25, 0.3) is 5.65 Å². The summed E-state index contributed by atoms with van der Waals surface area (Å²) in [5, 5.41) is 6.05. The second kappa shape index (κ2) is 8.47. The Balaban J connectivity index is 1.91. The van der Waals surface area contributed by atoms with Gasteiger partial charge in [0.15, 0.2) is 22.8 Å². The van der Waals surface area contributed by atoms with E-state index in [9.17, 15) is 31.1 Å². The third kappa shape index (κ3) is 4.39. The molecule has 0 atom stereocenters. The van der Waals surface area contributed by atoms with E-state index < -0.39 is 36.8 Å². The van der Waals surface area contributed by atoms with Gasteiger partial charge in [0, 0.05) is 17.8 Å². The van der Waals surface area contributed by atoms with Crippen molar-refractivity contribution in [2.24, 2.45) is 0 Å². The highest BCUT2D eigenvalue weighted by Crippen LogP contribution is 2.31. The highest BCUT2D eigenvalue weighted by atomic mass is 19.3. The van der Waals surface area contributed by atoms with Gasteiger partial charge in [0.25, 0.3) is 18.8 Å². The first-order valence-electron chi connectivity index (χ1n) is 8.10. The smallest absolute Gasteiger partial charge is 0.387 e. The van der Waals surface area contributed by atoms with Crippen LogP contribution in [0.15, 0.2) is 30.3 Å². The van der Waals surface area contributed by atoms with Gasteiger partial charge in [-0.2, -0.15) is 13.9 Å². The summed E-state index contributed by atoms with van der Waals surface area (Å²) in [6.07, 6.45) is -6.24. The third-order valence-electron chi connectivity index (χ3n) is 3.79. The number of carbonyl (C=O) groups is 1. The van der Waals surface area contributed by atoms with Crippen molar-refractivity contribution in [3.05, 3.63) is 47.4 Å². The summed E-state index contributed by atoms with van der Waals surface area (Å²) in [6.45, 7) is -3.09. The van der Waals surface area contributed by atoms with Crippen LogP contribution < -0.4 is 14.8 Å². The summed E-state index contributed by atoms with van der Waals surface area (Å²) in [5.74, 6) is -1.27. The van der Waals surface area contributed by atoms with Crippen molar-refractivity contribution in [1.82, 2.24) is 14.6 Å². The molecule has 1 amide bonds. The predicted octanol–water partition coefficient (Wildman–Crippen LogP) is 4.47. The van der Waals surface area contributed by atoms with Gasteiger partial charge < -0.3 is 14.8 Å². The maximum atomic E-state index is 13.2. The van der Waals surface area contributed by atoms with Crippen molar-refractivity contribution in [2.45, 2.75) is 19.5 Å². The van der Waals surface area contributed by atoms with Crippen molar-refractivity contribution >= 4 is 17.2 Å². The third-order valence-corrected chi connectivity index (χ3v) is 3.79. The average Bonchev–Trinajstić information content (AvgIpc) is 3.12. The molecule has 0 saturated heterocycles. The molecule has 160 valence electrons. The SMILES string of the molecule is COc1cc(NC(=O)c2cc3nc(C(F)F)cc(C(F)F)n3n2)ccc1OC(F)F. The number of alkyl halides is 6. The van der Waals surface area contributed by atoms with E-state index >= 15 is 0 Å². The molecule has 30 heavy (non-hydrogen) atoms. The molecule has 0 aliphatic heterocycles. The number of amides is 1. The Morgan fingerprint density at radius 1 is 1.03 bits per heavy atom. The number of benzene rings is 1. The van der Waals surface area contributed by atoms with Crippen LogP contribution in [-0.4, -0.2) is 34.2 Å². The number of aromatic nitrogens is 3. The van der Waals surface area contributed by atoms with Gasteiger partial charge in [0.05, 0.1) is 7.11 Å². The van der Waals surface area contributed by atoms with Crippen molar-refractivity contribution in [3.8, 4) is 11.5 Å². The number of ether oxygens (including phenoxy) is 2. The topological polar surface area (TPSA) is 77.8 Å². The summed E-state index contributed by atoms with van der Waals surface area (Å²) >= 11 is 0. The van der Waals surface area contributed by atoms with Crippen LogP contribution in [0.4, 0.5) is 32.0 Å². The largest absolute Gasteiger partial charge is 0.493 e. The molecule has 1 N–H and O–H groups in total. The molecule has 0 saturated carbocycles. The van der Waals surface area contributed by atoms with Crippen LogP contribution in [0, 0.1) is 0 Å². The lowest BCUT2D eigenvalue weighted by atomic mass is 10.2. The first-order chi connectivity index (χ1) is 14.2. The van der Waals surface area contributed by atoms with E-state index in [0.29, 0.717) is 10.6 Å². The normalized spacial score (nSPS) is 11.5. The average molecular weight is 434 g/mol. The number of nitrogens with one attached hydrogen (secondary N) is 1. The van der Waals surface area contributed by atoms with Gasteiger partial charge in [-0.1, -0.05) is 0 Å². The van der Waals surface area contributed by atoms with Crippen LogP contribution >= 0.6 is 0 Å². The second-order valence-electron chi connectivity index (χ2n) is 5.71. The molecule has 2 heterocycles. The summed E-state index contributed by atoms with van der Waals surface area (Å²) < 4.78 is 86.7. The van der Waals surface area contributed by atoms with Crippen LogP contribution in [0.1, 0.15) is 34.7 Å². The Morgan fingerprint density at radius 3 is 2.37 bits per heavy atom. The highest BCUT2D eigenvalue weighted by molar-refractivity contribution is 6.03. The first kappa shape index (κ1) is 21.2. The van der Waals surface area contributed by atoms with Crippen LogP contribution in [0.5, 0.6) is 11.5 Å². The van der Waals surface area contributed by atoms with E-state index in [1.165, 1.54) is 19.2 Å². The summed E-state index contributed by atoms with van der Waals surface area (Å²) in [6, 6.07) is 4.99. The molecule has 0 spiro atoms. The molecule has 7 nitrogen and oxygen atoms in total. The molecule has 3 rings (SSSR count). The number of rotatable bonds is 7. The van der Waals surface area contributed by atoms with Gasteiger partial charge >= 0.3 is 6.61 Å². The number of hydrogen-bond donors (Lipinski definition) is 1. The maximum Gasteiger partial charge on any atom is 0.387 e. The molecule has 0 aliphatic carbocycles. The maximum absolute atomic E-state index is 13.2. The standard InChI is InChI=1S/C17H12F6N4O3/c1-29-12-4-7(2-3-11(12)30-17(22)23)24-16(28)9-6-13-25-8(14(18)19)5-10(15(20)21)27(13)26-9/h2-6,14-15,17H,1H3,(H,24,28). The van der Waals surface area contributed by atoms with Crippen LogP contribution in [0.2, 0.25) is 0 Å². The van der Waals surface area contributed by atoms with Crippen LogP contribution in [0.3, 0.4) is 0 Å². The quantitative estimate of drug-likeness (QED) is 0.556. The van der Waals surface area contributed by atoms with Gasteiger partial charge in [-0.15, -0.1) is 0 Å². The van der Waals surface area contributed by atoms with Crippen molar-refractivity contribution in [2.75, 3.05) is 12.4 Å². The molecular formula is C17H12F6N4O3. The fraction of sp³-hybridized carbons (Fsp3) is 0.235. The number of nitrogens with zero attached hydrogens (tertiary/aromatic N) is 3. The van der Waals surface area contributed by atoms with Crippen molar-refractivity contribution < 1.29 is 40.6 Å². The molecular weight excluding hydrogens is 422 g/mol. The molecule has 0 bridgehead atoms. The Bertz CT molecular complexity index is 1070. The summed E-state index contributed by atoms with van der Waals surface area (Å²) in [4.78, 5) is 15.9. The Hall–Kier alpha value is -3.51. The van der Waals surface area contributed by atoms with Gasteiger partial charge in [-0.3, -0.25) is 4.79 Å². The predicted molar refractivity (Wildman–Crippen MR) is 90.5 cm³/mol. The van der Waals surface area contributed by atoms with E-state index in [1.54, 1.807) is 0 Å². The molecule has 13 heteroatoms. The minimum Gasteiger partial charge on any atom is -0.493 e. The molecule has 2 aromatic heterocycles. The molecule has 3 aromatic rings. The molecule has 0 unspecified atom stereocenters. The van der Waals surface area contributed by atoms with Gasteiger partial charge in [-0.25, -0.2) is 27.1 Å². The highest BCUT2D eigenvalue weighted by Gasteiger charge is 2.22. The summed E-state index contributed by atoms with van der Waals surface area (Å²) in [5.41, 5.74) is -2.41. The lowest BCUT2D eigenvalue weighted by Gasteiger charge is -2.11. The zero-order chi connectivity index (χ0) is 22.0. The fourth-order valence-corrected chi connectivity index (χ4v) is 2.53. The second-order valence-corrected chi connectivity index (χ2v) is 5.71. The molecule has 0 fully saturated rings. The Labute approximate surface area is 164 Å². The van der Waals surface area contributed by atoms with Gasteiger partial charge in [-0.05, 0) is 18.2 Å². The van der Waals surface area contributed by atoms with E-state index in [2.05, 4.69) is 20.1 Å². The molecule has 0 aliphatic rings. The zero-order valence-corrected chi connectivity index (χ0v) is 15.0. The van der Waals surface area contributed by atoms with Crippen LogP contribution in [-0.2, 0) is 0 Å².